The van der Waals surface area contributed by atoms with Crippen LogP contribution in [-0.2, 0) is 0 Å². The molecule has 0 aliphatic rings. The van der Waals surface area contributed by atoms with E-state index < -0.39 is 5.97 Å². The largest absolute Gasteiger partial charge is 0.493 e. The van der Waals surface area contributed by atoms with Crippen molar-refractivity contribution in [3.8, 4) is 11.5 Å². The Balaban J connectivity index is 2.89. The normalized spacial score (nSPS) is 10.7. The number of hydrogen-bond acceptors (Lipinski definition) is 4. The van der Waals surface area contributed by atoms with Gasteiger partial charge < -0.3 is 19.5 Å². The Bertz CT molecular complexity index is 461. The maximum absolute atomic E-state index is 11.2. The van der Waals surface area contributed by atoms with E-state index in [4.69, 9.17) is 21.1 Å². The molecular formula is C14H20ClNO4. The van der Waals surface area contributed by atoms with Crippen LogP contribution in [0, 0.1) is 0 Å². The van der Waals surface area contributed by atoms with Gasteiger partial charge in [-0.3, -0.25) is 0 Å². The monoisotopic (exact) mass is 301 g/mol. The van der Waals surface area contributed by atoms with Gasteiger partial charge in [0.2, 0.25) is 0 Å². The number of benzene rings is 1. The van der Waals surface area contributed by atoms with Gasteiger partial charge in [-0.25, -0.2) is 4.79 Å². The zero-order valence-electron chi connectivity index (χ0n) is 12.0. The number of nitrogens with zero attached hydrogens (tertiary/aromatic N) is 1. The number of methoxy groups -OCH3 is 1. The Kier molecular flexibility index (Phi) is 6.61. The average molecular weight is 302 g/mol. The molecule has 0 aromatic heterocycles. The first-order chi connectivity index (χ1) is 9.53. The van der Waals surface area contributed by atoms with Gasteiger partial charge in [0.15, 0.2) is 11.5 Å². The van der Waals surface area contributed by atoms with Crippen LogP contribution < -0.4 is 9.47 Å². The first-order valence-electron chi connectivity index (χ1n) is 6.49. The molecular weight excluding hydrogens is 282 g/mol. The summed E-state index contributed by atoms with van der Waals surface area (Å²) in [6.07, 6.45) is 0. The molecule has 0 unspecified atom stereocenters. The minimum absolute atomic E-state index is 0.00824. The Labute approximate surface area is 124 Å². The fraction of sp³-hybridized carbons (Fsp3) is 0.500. The number of carboxylic acids is 1. The fourth-order valence-electron chi connectivity index (χ4n) is 1.84. The van der Waals surface area contributed by atoms with Crippen molar-refractivity contribution in [2.24, 2.45) is 0 Å². The van der Waals surface area contributed by atoms with Crippen LogP contribution in [0.4, 0.5) is 0 Å². The van der Waals surface area contributed by atoms with Crippen LogP contribution in [-0.4, -0.2) is 49.3 Å². The van der Waals surface area contributed by atoms with E-state index in [-0.39, 0.29) is 11.3 Å². The Morgan fingerprint density at radius 3 is 2.50 bits per heavy atom. The van der Waals surface area contributed by atoms with E-state index in [2.05, 4.69) is 18.7 Å². The van der Waals surface area contributed by atoms with Crippen molar-refractivity contribution in [2.75, 3.05) is 33.4 Å². The lowest BCUT2D eigenvalue weighted by Gasteiger charge is -2.19. The molecule has 20 heavy (non-hydrogen) atoms. The molecule has 1 aromatic carbocycles. The topological polar surface area (TPSA) is 59.0 Å². The average Bonchev–Trinajstić information content (AvgIpc) is 2.43. The first-order valence-corrected chi connectivity index (χ1v) is 6.87. The molecule has 0 atom stereocenters. The van der Waals surface area contributed by atoms with Crippen molar-refractivity contribution in [3.05, 3.63) is 22.7 Å². The molecule has 0 aliphatic carbocycles. The highest BCUT2D eigenvalue weighted by atomic mass is 35.5. The second kappa shape index (κ2) is 7.97. The molecule has 6 heteroatoms. The van der Waals surface area contributed by atoms with Gasteiger partial charge in [0.25, 0.3) is 0 Å². The summed E-state index contributed by atoms with van der Waals surface area (Å²) in [6.45, 7) is 7.08. The lowest BCUT2D eigenvalue weighted by molar-refractivity contribution is 0.0690. The highest BCUT2D eigenvalue weighted by Crippen LogP contribution is 2.34. The summed E-state index contributed by atoms with van der Waals surface area (Å²) in [5.41, 5.74) is 0.00824. The number of aromatic carboxylic acids is 1. The lowest BCUT2D eigenvalue weighted by Crippen LogP contribution is -2.28. The second-order valence-corrected chi connectivity index (χ2v) is 4.60. The van der Waals surface area contributed by atoms with Gasteiger partial charge >= 0.3 is 5.97 Å². The maximum Gasteiger partial charge on any atom is 0.339 e. The van der Waals surface area contributed by atoms with Gasteiger partial charge in [0.1, 0.15) is 12.2 Å². The van der Waals surface area contributed by atoms with Crippen LogP contribution in [0.1, 0.15) is 24.2 Å². The number of ether oxygens (including phenoxy) is 2. The van der Waals surface area contributed by atoms with Gasteiger partial charge in [-0.1, -0.05) is 25.4 Å². The zero-order valence-corrected chi connectivity index (χ0v) is 12.7. The number of halogens is 1. The molecule has 5 nitrogen and oxygen atoms in total. The molecule has 0 saturated carbocycles. The van der Waals surface area contributed by atoms with E-state index in [0.717, 1.165) is 19.6 Å². The van der Waals surface area contributed by atoms with Crippen molar-refractivity contribution < 1.29 is 19.4 Å². The van der Waals surface area contributed by atoms with Gasteiger partial charge in [-0.2, -0.15) is 0 Å². The Morgan fingerprint density at radius 2 is 2.00 bits per heavy atom. The minimum Gasteiger partial charge on any atom is -0.493 e. The lowest BCUT2D eigenvalue weighted by atomic mass is 10.2. The van der Waals surface area contributed by atoms with Crippen LogP contribution in [0.25, 0.3) is 0 Å². The predicted octanol–water partition coefficient (Wildman–Crippen LogP) is 2.77. The van der Waals surface area contributed by atoms with Crippen molar-refractivity contribution >= 4 is 17.6 Å². The quantitative estimate of drug-likeness (QED) is 0.800. The van der Waals surface area contributed by atoms with Crippen LogP contribution in [0.15, 0.2) is 12.1 Å². The van der Waals surface area contributed by atoms with Gasteiger partial charge in [0.05, 0.1) is 7.11 Å². The Morgan fingerprint density at radius 1 is 1.35 bits per heavy atom. The van der Waals surface area contributed by atoms with Crippen molar-refractivity contribution in [1.82, 2.24) is 4.90 Å². The summed E-state index contributed by atoms with van der Waals surface area (Å²) in [7, 11) is 1.45. The molecule has 0 spiro atoms. The van der Waals surface area contributed by atoms with Gasteiger partial charge in [0, 0.05) is 17.6 Å². The smallest absolute Gasteiger partial charge is 0.339 e. The number of rotatable bonds is 8. The number of carboxylic acid groups (broad SMARTS) is 1. The SMILES string of the molecule is CCN(CC)CCOc1c(OC)cc(Cl)cc1C(=O)O. The third-order valence-electron chi connectivity index (χ3n) is 3.02. The van der Waals surface area contributed by atoms with E-state index in [1.807, 2.05) is 0 Å². The van der Waals surface area contributed by atoms with E-state index in [1.165, 1.54) is 13.2 Å². The minimum atomic E-state index is -1.09. The molecule has 1 rings (SSSR count). The van der Waals surface area contributed by atoms with Crippen molar-refractivity contribution in [3.63, 3.8) is 0 Å². The summed E-state index contributed by atoms with van der Waals surface area (Å²) in [5, 5.41) is 9.51. The summed E-state index contributed by atoms with van der Waals surface area (Å²) >= 11 is 5.87. The zero-order chi connectivity index (χ0) is 15.1. The van der Waals surface area contributed by atoms with Crippen LogP contribution >= 0.6 is 11.6 Å². The number of hydrogen-bond donors (Lipinski definition) is 1. The highest BCUT2D eigenvalue weighted by molar-refractivity contribution is 6.31. The third kappa shape index (κ3) is 4.28. The van der Waals surface area contributed by atoms with Crippen LogP contribution in [0.5, 0.6) is 11.5 Å². The van der Waals surface area contributed by atoms with Gasteiger partial charge in [-0.05, 0) is 19.2 Å². The van der Waals surface area contributed by atoms with E-state index in [0.29, 0.717) is 17.4 Å². The fourth-order valence-corrected chi connectivity index (χ4v) is 2.05. The van der Waals surface area contributed by atoms with Crippen molar-refractivity contribution in [2.45, 2.75) is 13.8 Å². The predicted molar refractivity (Wildman–Crippen MR) is 78.2 cm³/mol. The van der Waals surface area contributed by atoms with E-state index in [1.54, 1.807) is 6.07 Å². The third-order valence-corrected chi connectivity index (χ3v) is 3.24. The molecule has 0 bridgehead atoms. The van der Waals surface area contributed by atoms with Crippen LogP contribution in [0.3, 0.4) is 0 Å². The molecule has 0 radical (unpaired) electrons. The maximum atomic E-state index is 11.2. The molecule has 0 amide bonds. The number of carbonyl (C=O) groups is 1. The van der Waals surface area contributed by atoms with Crippen molar-refractivity contribution in [1.29, 1.82) is 0 Å². The van der Waals surface area contributed by atoms with E-state index >= 15 is 0 Å². The summed E-state index contributed by atoms with van der Waals surface area (Å²) in [6, 6.07) is 2.90. The molecule has 0 fully saturated rings. The molecule has 0 aliphatic heterocycles. The standard InChI is InChI=1S/C14H20ClNO4/c1-4-16(5-2)6-7-20-13-11(14(17)18)8-10(15)9-12(13)19-3/h8-9H,4-7H2,1-3H3,(H,17,18). The number of likely N-dealkylation sites (N-methyl/N-ethyl adjacent to an activating group) is 1. The molecule has 0 heterocycles. The highest BCUT2D eigenvalue weighted by Gasteiger charge is 2.18. The van der Waals surface area contributed by atoms with Gasteiger partial charge in [-0.15, -0.1) is 0 Å². The molecule has 1 aromatic rings. The molecule has 1 N–H and O–H groups in total. The summed E-state index contributed by atoms with van der Waals surface area (Å²) in [5.74, 6) is -0.547. The van der Waals surface area contributed by atoms with Crippen LogP contribution in [0.2, 0.25) is 5.02 Å². The Hall–Kier alpha value is -1.46. The molecule has 112 valence electrons. The summed E-state index contributed by atoms with van der Waals surface area (Å²) < 4.78 is 10.7. The molecule has 0 saturated heterocycles. The first kappa shape index (κ1) is 16.6. The van der Waals surface area contributed by atoms with E-state index in [9.17, 15) is 9.90 Å². The summed E-state index contributed by atoms with van der Waals surface area (Å²) in [4.78, 5) is 13.4. The second-order valence-electron chi connectivity index (χ2n) is 4.17.